The molecule has 2 rings (SSSR count). The number of nitro benzene ring substituents is 1. The van der Waals surface area contributed by atoms with Crippen LogP contribution in [0, 0.1) is 10.1 Å². The highest BCUT2D eigenvalue weighted by molar-refractivity contribution is 6.01. The van der Waals surface area contributed by atoms with Crippen LogP contribution >= 0.6 is 0 Å². The van der Waals surface area contributed by atoms with E-state index in [4.69, 9.17) is 0 Å². The molecule has 1 aromatic rings. The molecule has 1 aromatic carbocycles. The van der Waals surface area contributed by atoms with Crippen molar-refractivity contribution in [3.05, 3.63) is 38.9 Å². The lowest BCUT2D eigenvalue weighted by molar-refractivity contribution is -0.385. The van der Waals surface area contributed by atoms with Crippen molar-refractivity contribution in [3.8, 4) is 0 Å². The van der Waals surface area contributed by atoms with Gasteiger partial charge < -0.3 is 0 Å². The van der Waals surface area contributed by atoms with Gasteiger partial charge in [-0.3, -0.25) is 14.9 Å². The maximum absolute atomic E-state index is 11.6. The van der Waals surface area contributed by atoms with E-state index in [0.29, 0.717) is 24.0 Å². The molecule has 0 aliphatic heterocycles. The molecule has 0 fully saturated rings. The number of ketones is 1. The summed E-state index contributed by atoms with van der Waals surface area (Å²) in [5, 5.41) is 10.9. The molecular weight excluding hydrogens is 206 g/mol. The Kier molecular flexibility index (Phi) is 2.50. The average Bonchev–Trinajstić information content (AvgIpc) is 2.59. The summed E-state index contributed by atoms with van der Waals surface area (Å²) >= 11 is 0. The van der Waals surface area contributed by atoms with Crippen LogP contribution in [0.4, 0.5) is 5.69 Å². The molecule has 0 amide bonds. The fraction of sp³-hybridized carbons (Fsp3) is 0.417. The van der Waals surface area contributed by atoms with Gasteiger partial charge in [0.15, 0.2) is 5.78 Å². The molecule has 0 spiro atoms. The van der Waals surface area contributed by atoms with E-state index < -0.39 is 0 Å². The molecule has 1 aliphatic carbocycles. The maximum Gasteiger partial charge on any atom is 0.273 e. The fourth-order valence-corrected chi connectivity index (χ4v) is 2.06. The Labute approximate surface area is 93.4 Å². The van der Waals surface area contributed by atoms with Gasteiger partial charge in [0.05, 0.1) is 4.92 Å². The van der Waals surface area contributed by atoms with Crippen LogP contribution < -0.4 is 0 Å². The van der Waals surface area contributed by atoms with Crippen LogP contribution in [0.1, 0.15) is 47.7 Å². The van der Waals surface area contributed by atoms with Crippen molar-refractivity contribution >= 4 is 11.5 Å². The predicted molar refractivity (Wildman–Crippen MR) is 59.8 cm³/mol. The van der Waals surface area contributed by atoms with Gasteiger partial charge in [-0.1, -0.05) is 13.8 Å². The molecule has 0 N–H and O–H groups in total. The van der Waals surface area contributed by atoms with E-state index in [0.717, 1.165) is 5.56 Å². The lowest BCUT2D eigenvalue weighted by atomic mass is 9.97. The molecule has 0 bridgehead atoms. The lowest BCUT2D eigenvalue weighted by Crippen LogP contribution is -2.00. The molecule has 0 radical (unpaired) electrons. The highest BCUT2D eigenvalue weighted by Gasteiger charge is 2.28. The molecule has 16 heavy (non-hydrogen) atoms. The smallest absolute Gasteiger partial charge is 0.273 e. The van der Waals surface area contributed by atoms with Crippen molar-refractivity contribution in [1.29, 1.82) is 0 Å². The number of fused-ring (bicyclic) bond motifs is 1. The van der Waals surface area contributed by atoms with Gasteiger partial charge in [0.25, 0.3) is 5.69 Å². The molecule has 4 nitrogen and oxygen atoms in total. The first kappa shape index (κ1) is 10.8. The molecule has 0 unspecified atom stereocenters. The number of benzene rings is 1. The van der Waals surface area contributed by atoms with E-state index in [-0.39, 0.29) is 22.3 Å². The summed E-state index contributed by atoms with van der Waals surface area (Å²) < 4.78 is 0. The molecule has 0 saturated carbocycles. The normalized spacial score (nSPS) is 14.3. The van der Waals surface area contributed by atoms with Gasteiger partial charge in [-0.05, 0) is 24.0 Å². The van der Waals surface area contributed by atoms with Gasteiger partial charge in [-0.15, -0.1) is 0 Å². The fourth-order valence-electron chi connectivity index (χ4n) is 2.06. The number of carbonyl (C=O) groups excluding carboxylic acids is 1. The van der Waals surface area contributed by atoms with E-state index in [9.17, 15) is 14.9 Å². The quantitative estimate of drug-likeness (QED) is 0.567. The molecule has 0 atom stereocenters. The topological polar surface area (TPSA) is 60.2 Å². The van der Waals surface area contributed by atoms with Crippen LogP contribution in [0.25, 0.3) is 0 Å². The summed E-state index contributed by atoms with van der Waals surface area (Å²) in [6.07, 6.45) is 0.903. The largest absolute Gasteiger partial charge is 0.294 e. The zero-order valence-corrected chi connectivity index (χ0v) is 9.32. The van der Waals surface area contributed by atoms with E-state index >= 15 is 0 Å². The molecule has 1 aliphatic rings. The Morgan fingerprint density at radius 3 is 2.56 bits per heavy atom. The predicted octanol–water partition coefficient (Wildman–Crippen LogP) is 2.85. The third-order valence-electron chi connectivity index (χ3n) is 3.01. The van der Waals surface area contributed by atoms with Crippen molar-refractivity contribution in [2.45, 2.75) is 32.6 Å². The second kappa shape index (κ2) is 3.70. The van der Waals surface area contributed by atoms with E-state index in [1.54, 1.807) is 6.07 Å². The van der Waals surface area contributed by atoms with Crippen molar-refractivity contribution < 1.29 is 9.72 Å². The second-order valence-electron chi connectivity index (χ2n) is 4.40. The molecular formula is C12H13NO3. The highest BCUT2D eigenvalue weighted by atomic mass is 16.6. The van der Waals surface area contributed by atoms with Gasteiger partial charge in [-0.25, -0.2) is 0 Å². The first-order valence-corrected chi connectivity index (χ1v) is 5.35. The first-order chi connectivity index (χ1) is 7.50. The zero-order valence-electron chi connectivity index (χ0n) is 9.32. The molecule has 0 heterocycles. The SMILES string of the molecule is CC(C)c1cc2c(c([N+](=O)[O-])c1)CCC2=O. The number of nitrogens with zero attached hydrogens (tertiary/aromatic N) is 1. The van der Waals surface area contributed by atoms with Crippen LogP contribution in [-0.4, -0.2) is 10.7 Å². The molecule has 4 heteroatoms. The van der Waals surface area contributed by atoms with Gasteiger partial charge in [-0.2, -0.15) is 0 Å². The summed E-state index contributed by atoms with van der Waals surface area (Å²) in [6.45, 7) is 3.93. The minimum atomic E-state index is -0.386. The lowest BCUT2D eigenvalue weighted by Gasteiger charge is -2.08. The Hall–Kier alpha value is -1.71. The van der Waals surface area contributed by atoms with Crippen molar-refractivity contribution in [2.24, 2.45) is 0 Å². The Morgan fingerprint density at radius 1 is 1.31 bits per heavy atom. The number of Topliss-reactive ketones (excluding diaryl/α,β-unsaturated/α-hetero) is 1. The van der Waals surface area contributed by atoms with E-state index in [2.05, 4.69) is 0 Å². The second-order valence-corrected chi connectivity index (χ2v) is 4.40. The average molecular weight is 219 g/mol. The highest BCUT2D eigenvalue weighted by Crippen LogP contribution is 2.33. The van der Waals surface area contributed by atoms with E-state index in [1.165, 1.54) is 0 Å². The van der Waals surface area contributed by atoms with Gasteiger partial charge in [0.1, 0.15) is 0 Å². The first-order valence-electron chi connectivity index (χ1n) is 5.35. The van der Waals surface area contributed by atoms with Crippen LogP contribution in [0.3, 0.4) is 0 Å². The Bertz CT molecular complexity index is 477. The minimum absolute atomic E-state index is 0.0283. The summed E-state index contributed by atoms with van der Waals surface area (Å²) in [7, 11) is 0. The number of nitro groups is 1. The minimum Gasteiger partial charge on any atom is -0.294 e. The van der Waals surface area contributed by atoms with Crippen molar-refractivity contribution in [3.63, 3.8) is 0 Å². The third-order valence-corrected chi connectivity index (χ3v) is 3.01. The Morgan fingerprint density at radius 2 is 2.00 bits per heavy atom. The van der Waals surface area contributed by atoms with Crippen LogP contribution in [-0.2, 0) is 6.42 Å². The summed E-state index contributed by atoms with van der Waals surface area (Å²) in [6, 6.07) is 3.41. The standard InChI is InChI=1S/C12H13NO3/c1-7(2)8-5-10-9(3-4-12(10)14)11(6-8)13(15)16/h5-7H,3-4H2,1-2H3. The van der Waals surface area contributed by atoms with Crippen LogP contribution in [0.15, 0.2) is 12.1 Å². The van der Waals surface area contributed by atoms with Gasteiger partial charge >= 0.3 is 0 Å². The number of rotatable bonds is 2. The zero-order chi connectivity index (χ0) is 11.9. The Balaban J connectivity index is 2.66. The summed E-state index contributed by atoms with van der Waals surface area (Å²) in [4.78, 5) is 22.1. The number of hydrogen-bond donors (Lipinski definition) is 0. The number of hydrogen-bond acceptors (Lipinski definition) is 3. The monoisotopic (exact) mass is 219 g/mol. The van der Waals surface area contributed by atoms with Gasteiger partial charge in [0.2, 0.25) is 0 Å². The van der Waals surface area contributed by atoms with Crippen LogP contribution in [0.5, 0.6) is 0 Å². The molecule has 0 saturated heterocycles. The maximum atomic E-state index is 11.6. The summed E-state index contributed by atoms with van der Waals surface area (Å²) in [5.41, 5.74) is 2.13. The summed E-state index contributed by atoms with van der Waals surface area (Å²) in [5.74, 6) is 0.220. The van der Waals surface area contributed by atoms with Crippen molar-refractivity contribution in [2.75, 3.05) is 0 Å². The van der Waals surface area contributed by atoms with Crippen molar-refractivity contribution in [1.82, 2.24) is 0 Å². The molecule has 0 aromatic heterocycles. The van der Waals surface area contributed by atoms with Gasteiger partial charge in [0, 0.05) is 23.6 Å². The van der Waals surface area contributed by atoms with Crippen LogP contribution in [0.2, 0.25) is 0 Å². The molecule has 84 valence electrons. The third kappa shape index (κ3) is 1.60. The number of carbonyl (C=O) groups is 1. The van der Waals surface area contributed by atoms with E-state index in [1.807, 2.05) is 19.9 Å².